The standard InChI is InChI=1S/C15H23N3O2/c1-2-8-20-12-4-3-7-18(10-12)13-9-14(19)17-15(16-13)11-5-6-11/h9,11-12H,2-8,10H2,1H3,(H,16,17,19). The van der Waals surface area contributed by atoms with Crippen LogP contribution in [0.5, 0.6) is 0 Å². The maximum atomic E-state index is 11.8. The third-order valence-electron chi connectivity index (χ3n) is 3.97. The predicted octanol–water partition coefficient (Wildman–Crippen LogP) is 2.04. The first kappa shape index (κ1) is 13.6. The average molecular weight is 277 g/mol. The Bertz CT molecular complexity index is 510. The molecule has 0 radical (unpaired) electrons. The van der Waals surface area contributed by atoms with Crippen LogP contribution in [-0.2, 0) is 4.74 Å². The summed E-state index contributed by atoms with van der Waals surface area (Å²) in [5, 5.41) is 0. The Hall–Kier alpha value is -1.36. The number of H-pyrrole nitrogens is 1. The van der Waals surface area contributed by atoms with Gasteiger partial charge < -0.3 is 14.6 Å². The van der Waals surface area contributed by atoms with Gasteiger partial charge in [-0.2, -0.15) is 0 Å². The van der Waals surface area contributed by atoms with E-state index < -0.39 is 0 Å². The lowest BCUT2D eigenvalue weighted by Gasteiger charge is -2.33. The lowest BCUT2D eigenvalue weighted by atomic mass is 10.1. The SMILES string of the molecule is CCCOC1CCCN(c2cc(=O)[nH]c(C3CC3)n2)C1. The molecule has 1 aromatic rings. The van der Waals surface area contributed by atoms with E-state index in [-0.39, 0.29) is 11.7 Å². The van der Waals surface area contributed by atoms with E-state index in [1.807, 2.05) is 0 Å². The van der Waals surface area contributed by atoms with Gasteiger partial charge in [0.2, 0.25) is 0 Å². The molecule has 1 aromatic heterocycles. The van der Waals surface area contributed by atoms with Crippen molar-refractivity contribution in [2.24, 2.45) is 0 Å². The van der Waals surface area contributed by atoms with Crippen molar-refractivity contribution in [3.05, 3.63) is 22.2 Å². The third kappa shape index (κ3) is 3.20. The fourth-order valence-corrected chi connectivity index (χ4v) is 2.74. The zero-order valence-corrected chi connectivity index (χ0v) is 12.1. The Morgan fingerprint density at radius 1 is 1.45 bits per heavy atom. The molecule has 5 heteroatoms. The number of piperidine rings is 1. The fraction of sp³-hybridized carbons (Fsp3) is 0.733. The van der Waals surface area contributed by atoms with Gasteiger partial charge in [0.15, 0.2) is 0 Å². The van der Waals surface area contributed by atoms with Crippen molar-refractivity contribution in [3.8, 4) is 0 Å². The van der Waals surface area contributed by atoms with Gasteiger partial charge in [0, 0.05) is 31.7 Å². The molecule has 5 nitrogen and oxygen atoms in total. The highest BCUT2D eigenvalue weighted by molar-refractivity contribution is 5.39. The second kappa shape index (κ2) is 5.95. The maximum absolute atomic E-state index is 11.8. The molecule has 1 saturated heterocycles. The molecule has 1 saturated carbocycles. The molecule has 0 spiro atoms. The van der Waals surface area contributed by atoms with Crippen LogP contribution in [0, 0.1) is 0 Å². The Balaban J connectivity index is 1.72. The quantitative estimate of drug-likeness (QED) is 0.895. The summed E-state index contributed by atoms with van der Waals surface area (Å²) in [4.78, 5) is 21.5. The van der Waals surface area contributed by atoms with Crippen molar-refractivity contribution >= 4 is 5.82 Å². The van der Waals surface area contributed by atoms with E-state index in [0.717, 1.165) is 63.4 Å². The summed E-state index contributed by atoms with van der Waals surface area (Å²) in [6, 6.07) is 1.62. The molecule has 1 N–H and O–H groups in total. The van der Waals surface area contributed by atoms with Crippen LogP contribution in [0.3, 0.4) is 0 Å². The van der Waals surface area contributed by atoms with E-state index >= 15 is 0 Å². The molecule has 2 heterocycles. The largest absolute Gasteiger partial charge is 0.376 e. The van der Waals surface area contributed by atoms with Gasteiger partial charge in [-0.25, -0.2) is 4.98 Å². The first-order valence-corrected chi connectivity index (χ1v) is 7.74. The van der Waals surface area contributed by atoms with Crippen molar-refractivity contribution in [2.75, 3.05) is 24.6 Å². The van der Waals surface area contributed by atoms with Crippen molar-refractivity contribution in [1.82, 2.24) is 9.97 Å². The number of nitrogens with zero attached hydrogens (tertiary/aromatic N) is 2. The summed E-state index contributed by atoms with van der Waals surface area (Å²) in [7, 11) is 0. The second-order valence-electron chi connectivity index (χ2n) is 5.84. The topological polar surface area (TPSA) is 58.2 Å². The van der Waals surface area contributed by atoms with Crippen LogP contribution >= 0.6 is 0 Å². The summed E-state index contributed by atoms with van der Waals surface area (Å²) >= 11 is 0. The van der Waals surface area contributed by atoms with E-state index in [2.05, 4.69) is 21.8 Å². The van der Waals surface area contributed by atoms with Gasteiger partial charge in [0.1, 0.15) is 11.6 Å². The minimum atomic E-state index is -0.0338. The van der Waals surface area contributed by atoms with E-state index in [9.17, 15) is 4.79 Å². The highest BCUT2D eigenvalue weighted by Gasteiger charge is 2.28. The van der Waals surface area contributed by atoms with Crippen LogP contribution in [0.25, 0.3) is 0 Å². The smallest absolute Gasteiger partial charge is 0.252 e. The van der Waals surface area contributed by atoms with E-state index in [1.165, 1.54) is 0 Å². The Morgan fingerprint density at radius 2 is 2.30 bits per heavy atom. The minimum absolute atomic E-state index is 0.0338. The molecule has 1 aliphatic heterocycles. The highest BCUT2D eigenvalue weighted by Crippen LogP contribution is 2.38. The molecule has 20 heavy (non-hydrogen) atoms. The van der Waals surface area contributed by atoms with Crippen LogP contribution in [0.2, 0.25) is 0 Å². The lowest BCUT2D eigenvalue weighted by Crippen LogP contribution is -2.40. The Morgan fingerprint density at radius 3 is 3.05 bits per heavy atom. The number of ether oxygens (including phenoxy) is 1. The van der Waals surface area contributed by atoms with Crippen molar-refractivity contribution in [3.63, 3.8) is 0 Å². The number of hydrogen-bond acceptors (Lipinski definition) is 4. The number of aromatic amines is 1. The van der Waals surface area contributed by atoms with Crippen LogP contribution in [-0.4, -0.2) is 35.8 Å². The van der Waals surface area contributed by atoms with E-state index in [0.29, 0.717) is 5.92 Å². The molecule has 1 atom stereocenters. The van der Waals surface area contributed by atoms with Crippen LogP contribution in [0.15, 0.2) is 10.9 Å². The number of aromatic nitrogens is 2. The molecule has 1 aliphatic carbocycles. The van der Waals surface area contributed by atoms with Gasteiger partial charge in [-0.05, 0) is 32.1 Å². The molecular formula is C15H23N3O2. The normalized spacial score (nSPS) is 23.1. The third-order valence-corrected chi connectivity index (χ3v) is 3.97. The Labute approximate surface area is 119 Å². The van der Waals surface area contributed by atoms with Crippen LogP contribution in [0.1, 0.15) is 50.8 Å². The van der Waals surface area contributed by atoms with Gasteiger partial charge >= 0.3 is 0 Å². The van der Waals surface area contributed by atoms with Crippen LogP contribution in [0.4, 0.5) is 5.82 Å². The fourth-order valence-electron chi connectivity index (χ4n) is 2.74. The average Bonchev–Trinajstić information content (AvgIpc) is 3.29. The van der Waals surface area contributed by atoms with E-state index in [4.69, 9.17) is 4.74 Å². The monoisotopic (exact) mass is 277 g/mol. The second-order valence-corrected chi connectivity index (χ2v) is 5.84. The molecule has 0 aromatic carbocycles. The number of rotatable bonds is 5. The maximum Gasteiger partial charge on any atom is 0.252 e. The lowest BCUT2D eigenvalue weighted by molar-refractivity contribution is 0.0439. The van der Waals surface area contributed by atoms with Gasteiger partial charge in [-0.15, -0.1) is 0 Å². The zero-order chi connectivity index (χ0) is 13.9. The molecule has 0 amide bonds. The van der Waals surface area contributed by atoms with Gasteiger partial charge in [-0.1, -0.05) is 6.92 Å². The molecule has 110 valence electrons. The predicted molar refractivity (Wildman–Crippen MR) is 78.3 cm³/mol. The molecule has 3 rings (SSSR count). The Kier molecular flexibility index (Phi) is 4.05. The van der Waals surface area contributed by atoms with Gasteiger partial charge in [0.05, 0.1) is 6.10 Å². The molecular weight excluding hydrogens is 254 g/mol. The molecule has 2 aliphatic rings. The van der Waals surface area contributed by atoms with E-state index in [1.54, 1.807) is 6.07 Å². The van der Waals surface area contributed by atoms with Gasteiger partial charge in [-0.3, -0.25) is 4.79 Å². The summed E-state index contributed by atoms with van der Waals surface area (Å²) in [5.41, 5.74) is -0.0338. The minimum Gasteiger partial charge on any atom is -0.376 e. The number of hydrogen-bond donors (Lipinski definition) is 1. The number of anilines is 1. The zero-order valence-electron chi connectivity index (χ0n) is 12.1. The number of nitrogens with one attached hydrogen (secondary N) is 1. The van der Waals surface area contributed by atoms with Crippen molar-refractivity contribution < 1.29 is 4.74 Å². The summed E-state index contributed by atoms with van der Waals surface area (Å²) in [6.45, 7) is 4.75. The summed E-state index contributed by atoms with van der Waals surface area (Å²) in [5.74, 6) is 2.16. The molecule has 1 unspecified atom stereocenters. The highest BCUT2D eigenvalue weighted by atomic mass is 16.5. The first-order valence-electron chi connectivity index (χ1n) is 7.74. The van der Waals surface area contributed by atoms with Crippen molar-refractivity contribution in [1.29, 1.82) is 0 Å². The molecule has 0 bridgehead atoms. The molecule has 2 fully saturated rings. The van der Waals surface area contributed by atoms with Crippen molar-refractivity contribution in [2.45, 2.75) is 51.0 Å². The summed E-state index contributed by atoms with van der Waals surface area (Å²) in [6.07, 6.45) is 5.82. The summed E-state index contributed by atoms with van der Waals surface area (Å²) < 4.78 is 5.85. The van der Waals surface area contributed by atoms with Gasteiger partial charge in [0.25, 0.3) is 5.56 Å². The first-order chi connectivity index (χ1) is 9.76. The van der Waals surface area contributed by atoms with Crippen LogP contribution < -0.4 is 10.5 Å².